The van der Waals surface area contributed by atoms with Crippen LogP contribution >= 0.6 is 11.6 Å². The molecule has 1 saturated heterocycles. The van der Waals surface area contributed by atoms with Gasteiger partial charge in [0.15, 0.2) is 11.4 Å². The van der Waals surface area contributed by atoms with Crippen LogP contribution in [0.15, 0.2) is 53.3 Å². The van der Waals surface area contributed by atoms with Gasteiger partial charge in [0.05, 0.1) is 11.6 Å². The van der Waals surface area contributed by atoms with Crippen LogP contribution in [0.4, 0.5) is 0 Å². The van der Waals surface area contributed by atoms with E-state index < -0.39 is 58.0 Å². The van der Waals surface area contributed by atoms with Gasteiger partial charge in [0.1, 0.15) is 29.4 Å². The minimum Gasteiger partial charge on any atom is -0.508 e. The Morgan fingerprint density at radius 1 is 1.21 bits per heavy atom. The Balaban J connectivity index is 1.52. The van der Waals surface area contributed by atoms with Crippen LogP contribution in [0.3, 0.4) is 0 Å². The van der Waals surface area contributed by atoms with Crippen molar-refractivity contribution in [3.63, 3.8) is 0 Å². The van der Waals surface area contributed by atoms with Crippen molar-refractivity contribution < 1.29 is 34.4 Å². The molecule has 2 aromatic rings. The van der Waals surface area contributed by atoms with Crippen molar-refractivity contribution in [1.29, 1.82) is 0 Å². The first-order valence-electron chi connectivity index (χ1n) is 14.5. The maximum Gasteiger partial charge on any atom is 0.255 e. The Morgan fingerprint density at radius 3 is 2.60 bits per heavy atom. The van der Waals surface area contributed by atoms with Gasteiger partial charge in [-0.3, -0.25) is 19.3 Å². The highest BCUT2D eigenvalue weighted by atomic mass is 35.5. The highest BCUT2D eigenvalue weighted by Gasteiger charge is 2.63. The number of ether oxygens (including phenoxy) is 1. The molecular formula is C32H34ClN3O7. The van der Waals surface area contributed by atoms with Gasteiger partial charge in [-0.2, -0.15) is 0 Å². The quantitative estimate of drug-likeness (QED) is 0.309. The standard InChI is InChI=1S/C32H34ClN3O7/c1-2-36-10-6-9-20(36)17-13-21(43-14-15-7-4-3-5-8-15)23-18(25(17)33)11-16-12-19-26(34)28(38)24(31(35)41)30(40)32(19,42)29(39)22(16)27(23)37/h3-5,7-8,13,16,19-20,26,37,40,42H,2,6,9-12,14,34H2,1H3,(H2,35,41)/t16-,19-,20?,26-,32-/m0/s1. The molecule has 1 amide bonds. The van der Waals surface area contributed by atoms with E-state index in [2.05, 4.69) is 11.8 Å². The third-order valence-electron chi connectivity index (χ3n) is 9.56. The third kappa shape index (κ3) is 4.38. The Labute approximate surface area is 253 Å². The lowest BCUT2D eigenvalue weighted by atomic mass is 9.58. The van der Waals surface area contributed by atoms with Crippen molar-refractivity contribution in [2.45, 2.75) is 56.9 Å². The van der Waals surface area contributed by atoms with E-state index in [4.69, 9.17) is 27.8 Å². The zero-order chi connectivity index (χ0) is 30.8. The number of Topliss-reactive ketones (excluding diaryl/α,β-unsaturated/α-hetero) is 2. The van der Waals surface area contributed by atoms with E-state index in [1.54, 1.807) is 0 Å². The zero-order valence-corrected chi connectivity index (χ0v) is 24.4. The molecule has 1 unspecified atom stereocenters. The first-order valence-corrected chi connectivity index (χ1v) is 14.9. The highest BCUT2D eigenvalue weighted by molar-refractivity contribution is 6.33. The van der Waals surface area contributed by atoms with Gasteiger partial charge in [-0.15, -0.1) is 0 Å². The summed E-state index contributed by atoms with van der Waals surface area (Å²) in [7, 11) is 0. The van der Waals surface area contributed by atoms with Crippen LogP contribution in [0.1, 0.15) is 54.5 Å². The predicted molar refractivity (Wildman–Crippen MR) is 158 cm³/mol. The summed E-state index contributed by atoms with van der Waals surface area (Å²) in [5, 5.41) is 34.8. The second-order valence-corrected chi connectivity index (χ2v) is 12.1. The number of aliphatic hydroxyl groups excluding tert-OH is 2. The summed E-state index contributed by atoms with van der Waals surface area (Å²) in [5.41, 5.74) is 10.3. The summed E-state index contributed by atoms with van der Waals surface area (Å²) in [6, 6.07) is 9.89. The summed E-state index contributed by atoms with van der Waals surface area (Å²) in [5.74, 6) is -6.46. The number of ketones is 2. The van der Waals surface area contributed by atoms with Gasteiger partial charge in [0, 0.05) is 22.6 Å². The molecule has 1 heterocycles. The van der Waals surface area contributed by atoms with E-state index in [1.165, 1.54) is 0 Å². The van der Waals surface area contributed by atoms with Crippen LogP contribution in [0.25, 0.3) is 5.76 Å². The number of carbonyl (C=O) groups excluding carboxylic acids is 3. The number of benzene rings is 2. The number of aliphatic hydroxyl groups is 3. The summed E-state index contributed by atoms with van der Waals surface area (Å²) >= 11 is 7.12. The molecule has 0 aromatic heterocycles. The SMILES string of the molecule is CCN1CCCC1c1cc(OCc2ccccc2)c2c(c1Cl)C[C@H]1C[C@H]3[C@H](N)C(=O)C(C(N)=O)=C(O)[C@@]3(O)C(=O)C1=C2O. The van der Waals surface area contributed by atoms with Crippen LogP contribution in [0, 0.1) is 11.8 Å². The number of fused-ring (bicyclic) bond motifs is 3. The minimum atomic E-state index is -2.71. The van der Waals surface area contributed by atoms with Crippen molar-refractivity contribution in [3.05, 3.63) is 80.6 Å². The van der Waals surface area contributed by atoms with Gasteiger partial charge < -0.3 is 31.5 Å². The molecule has 11 heteroatoms. The predicted octanol–water partition coefficient (Wildman–Crippen LogP) is 3.04. The van der Waals surface area contributed by atoms with Crippen molar-refractivity contribution >= 4 is 34.8 Å². The van der Waals surface area contributed by atoms with Gasteiger partial charge in [0.25, 0.3) is 5.91 Å². The van der Waals surface area contributed by atoms with Crippen molar-refractivity contribution in [3.8, 4) is 5.75 Å². The molecule has 0 radical (unpaired) electrons. The van der Waals surface area contributed by atoms with E-state index >= 15 is 0 Å². The molecule has 3 aliphatic carbocycles. The Kier molecular flexibility index (Phi) is 7.37. The number of amides is 1. The minimum absolute atomic E-state index is 0.0324. The number of rotatable bonds is 6. The summed E-state index contributed by atoms with van der Waals surface area (Å²) < 4.78 is 6.30. The van der Waals surface area contributed by atoms with E-state index in [9.17, 15) is 29.7 Å². The second-order valence-electron chi connectivity index (χ2n) is 11.8. The van der Waals surface area contributed by atoms with Gasteiger partial charge in [-0.05, 0) is 67.4 Å². The average Bonchev–Trinajstić information content (AvgIpc) is 3.46. The number of carbonyl (C=O) groups is 3. The lowest BCUT2D eigenvalue weighted by Gasteiger charge is -2.48. The maximum atomic E-state index is 14.0. The normalized spacial score (nSPS) is 28.9. The third-order valence-corrected chi connectivity index (χ3v) is 10.0. The number of nitrogens with two attached hydrogens (primary N) is 2. The van der Waals surface area contributed by atoms with Crippen LogP contribution in [-0.2, 0) is 27.4 Å². The van der Waals surface area contributed by atoms with E-state index in [0.717, 1.165) is 37.1 Å². The summed E-state index contributed by atoms with van der Waals surface area (Å²) in [6.45, 7) is 4.04. The highest BCUT2D eigenvalue weighted by Crippen LogP contribution is 2.54. The molecule has 10 nitrogen and oxygen atoms in total. The Hall–Kier alpha value is -3.70. The molecule has 0 spiro atoms. The van der Waals surface area contributed by atoms with E-state index in [-0.39, 0.29) is 36.6 Å². The molecule has 5 atom stereocenters. The lowest BCUT2D eigenvalue weighted by Crippen LogP contribution is -2.65. The van der Waals surface area contributed by atoms with Crippen molar-refractivity contribution in [2.24, 2.45) is 23.3 Å². The molecule has 6 rings (SSSR count). The van der Waals surface area contributed by atoms with E-state index in [1.807, 2.05) is 36.4 Å². The average molecular weight is 608 g/mol. The van der Waals surface area contributed by atoms with Gasteiger partial charge in [0.2, 0.25) is 5.78 Å². The largest absolute Gasteiger partial charge is 0.508 e. The first-order chi connectivity index (χ1) is 20.5. The monoisotopic (exact) mass is 607 g/mol. The van der Waals surface area contributed by atoms with Gasteiger partial charge in [-0.25, -0.2) is 0 Å². The fraction of sp³-hybridized carbons (Fsp3) is 0.406. The van der Waals surface area contributed by atoms with Crippen LogP contribution in [0.2, 0.25) is 5.02 Å². The lowest BCUT2D eigenvalue weighted by molar-refractivity contribution is -0.149. The molecule has 43 heavy (non-hydrogen) atoms. The molecular weight excluding hydrogens is 574 g/mol. The molecule has 1 saturated carbocycles. The smallest absolute Gasteiger partial charge is 0.255 e. The molecule has 0 bridgehead atoms. The number of hydrogen-bond donors (Lipinski definition) is 5. The number of hydrogen-bond acceptors (Lipinski definition) is 9. The van der Waals surface area contributed by atoms with Crippen molar-refractivity contribution in [2.75, 3.05) is 13.1 Å². The molecule has 2 aromatic carbocycles. The molecule has 7 N–H and O–H groups in total. The molecule has 2 fully saturated rings. The van der Waals surface area contributed by atoms with Gasteiger partial charge >= 0.3 is 0 Å². The van der Waals surface area contributed by atoms with Crippen LogP contribution in [-0.4, -0.2) is 62.4 Å². The summed E-state index contributed by atoms with van der Waals surface area (Å²) in [4.78, 5) is 41.3. The summed E-state index contributed by atoms with van der Waals surface area (Å²) in [6.07, 6.45) is 2.08. The molecule has 4 aliphatic rings. The van der Waals surface area contributed by atoms with Gasteiger partial charge in [-0.1, -0.05) is 48.9 Å². The van der Waals surface area contributed by atoms with Crippen molar-refractivity contribution in [1.82, 2.24) is 4.90 Å². The topological polar surface area (TPSA) is 176 Å². The first kappa shape index (κ1) is 29.4. The number of nitrogens with zero attached hydrogens (tertiary/aromatic N) is 1. The Bertz CT molecular complexity index is 1600. The van der Waals surface area contributed by atoms with E-state index in [0.29, 0.717) is 16.3 Å². The fourth-order valence-electron chi connectivity index (χ4n) is 7.41. The fourth-order valence-corrected chi connectivity index (χ4v) is 7.77. The Morgan fingerprint density at radius 2 is 1.93 bits per heavy atom. The van der Waals surface area contributed by atoms with Crippen LogP contribution in [0.5, 0.6) is 5.75 Å². The number of primary amides is 1. The maximum absolute atomic E-state index is 14.0. The molecule has 1 aliphatic heterocycles. The van der Waals surface area contributed by atoms with Crippen LogP contribution < -0.4 is 16.2 Å². The molecule has 226 valence electrons. The zero-order valence-electron chi connectivity index (χ0n) is 23.7. The number of halogens is 1. The second kappa shape index (κ2) is 10.8. The number of likely N-dealkylation sites (tertiary alicyclic amines) is 1.